The molecule has 5 nitrogen and oxygen atoms in total. The summed E-state index contributed by atoms with van der Waals surface area (Å²) < 4.78 is 5.44. The first-order valence-corrected chi connectivity index (χ1v) is 7.60. The van der Waals surface area contributed by atoms with Gasteiger partial charge in [-0.2, -0.15) is 0 Å². The van der Waals surface area contributed by atoms with Crippen LogP contribution in [0, 0.1) is 0 Å². The third-order valence-corrected chi connectivity index (χ3v) is 3.98. The van der Waals surface area contributed by atoms with E-state index in [1.54, 1.807) is 12.1 Å². The van der Waals surface area contributed by atoms with E-state index >= 15 is 0 Å². The van der Waals surface area contributed by atoms with Crippen LogP contribution < -0.4 is 5.73 Å². The average molecular weight is 299 g/mol. The highest BCUT2D eigenvalue weighted by Gasteiger charge is 2.24. The molecule has 2 heterocycles. The molecule has 116 valence electrons. The van der Waals surface area contributed by atoms with E-state index in [4.69, 9.17) is 10.2 Å². The zero-order valence-electron chi connectivity index (χ0n) is 12.6. The minimum atomic E-state index is -0.0425. The third kappa shape index (κ3) is 3.37. The van der Waals surface area contributed by atoms with Crippen LogP contribution in [0.15, 0.2) is 46.9 Å². The van der Waals surface area contributed by atoms with Crippen molar-refractivity contribution in [1.29, 1.82) is 0 Å². The van der Waals surface area contributed by atoms with E-state index in [1.165, 1.54) is 5.56 Å². The second-order valence-corrected chi connectivity index (χ2v) is 5.52. The molecule has 0 spiro atoms. The van der Waals surface area contributed by atoms with Crippen molar-refractivity contribution in [3.05, 3.63) is 59.5 Å². The summed E-state index contributed by atoms with van der Waals surface area (Å²) in [6.45, 7) is 4.46. The molecule has 0 unspecified atom stereocenters. The van der Waals surface area contributed by atoms with Gasteiger partial charge in [0.15, 0.2) is 5.76 Å². The lowest BCUT2D eigenvalue weighted by atomic mass is 10.2. The maximum absolute atomic E-state index is 12.4. The van der Waals surface area contributed by atoms with Gasteiger partial charge in [-0.15, -0.1) is 0 Å². The Bertz CT molecular complexity index is 616. The van der Waals surface area contributed by atoms with E-state index in [0.717, 1.165) is 32.7 Å². The van der Waals surface area contributed by atoms with Gasteiger partial charge in [-0.05, 0) is 17.7 Å². The molecule has 0 aliphatic carbocycles. The van der Waals surface area contributed by atoms with E-state index in [1.807, 2.05) is 11.0 Å². The highest BCUT2D eigenvalue weighted by Crippen LogP contribution is 2.13. The summed E-state index contributed by atoms with van der Waals surface area (Å²) in [4.78, 5) is 16.6. The van der Waals surface area contributed by atoms with Gasteiger partial charge < -0.3 is 15.1 Å². The number of amides is 1. The second-order valence-electron chi connectivity index (χ2n) is 5.52. The molecule has 2 aromatic rings. The van der Waals surface area contributed by atoms with Crippen molar-refractivity contribution in [3.8, 4) is 0 Å². The molecule has 0 bridgehead atoms. The number of furan rings is 1. The third-order valence-electron chi connectivity index (χ3n) is 3.98. The van der Waals surface area contributed by atoms with Crippen molar-refractivity contribution in [3.63, 3.8) is 0 Å². The molecule has 3 rings (SSSR count). The molecule has 0 saturated carbocycles. The van der Waals surface area contributed by atoms with Gasteiger partial charge in [0.2, 0.25) is 0 Å². The molecular formula is C17H21N3O2. The van der Waals surface area contributed by atoms with Crippen LogP contribution in [0.3, 0.4) is 0 Å². The molecule has 1 aromatic carbocycles. The van der Waals surface area contributed by atoms with Crippen LogP contribution in [0.1, 0.15) is 21.9 Å². The van der Waals surface area contributed by atoms with Gasteiger partial charge in [0.25, 0.3) is 5.91 Å². The van der Waals surface area contributed by atoms with E-state index in [2.05, 4.69) is 29.2 Å². The number of carbonyl (C=O) groups is 1. The van der Waals surface area contributed by atoms with Gasteiger partial charge in [0.05, 0.1) is 6.54 Å². The lowest BCUT2D eigenvalue weighted by Gasteiger charge is -2.34. The Morgan fingerprint density at radius 3 is 2.41 bits per heavy atom. The number of hydrogen-bond donors (Lipinski definition) is 1. The maximum Gasteiger partial charge on any atom is 0.289 e. The Hall–Kier alpha value is -2.11. The first kappa shape index (κ1) is 14.8. The molecule has 1 aliphatic rings. The number of rotatable bonds is 4. The molecule has 1 amide bonds. The van der Waals surface area contributed by atoms with E-state index in [9.17, 15) is 4.79 Å². The second kappa shape index (κ2) is 6.77. The van der Waals surface area contributed by atoms with Gasteiger partial charge in [0, 0.05) is 32.7 Å². The number of benzene rings is 1. The van der Waals surface area contributed by atoms with Gasteiger partial charge in [-0.1, -0.05) is 30.3 Å². The topological polar surface area (TPSA) is 62.7 Å². The van der Waals surface area contributed by atoms with Crippen molar-refractivity contribution in [2.45, 2.75) is 13.1 Å². The molecule has 2 N–H and O–H groups in total. The van der Waals surface area contributed by atoms with Crippen LogP contribution in [-0.2, 0) is 13.1 Å². The molecule has 1 aliphatic heterocycles. The highest BCUT2D eigenvalue weighted by atomic mass is 16.4. The number of piperazine rings is 1. The minimum absolute atomic E-state index is 0.0425. The zero-order chi connectivity index (χ0) is 15.4. The first-order chi connectivity index (χ1) is 10.8. The first-order valence-electron chi connectivity index (χ1n) is 7.60. The molecule has 22 heavy (non-hydrogen) atoms. The Morgan fingerprint density at radius 2 is 1.77 bits per heavy atom. The highest BCUT2D eigenvalue weighted by molar-refractivity contribution is 5.91. The molecule has 1 fully saturated rings. The predicted molar refractivity (Wildman–Crippen MR) is 84.2 cm³/mol. The molecule has 5 heteroatoms. The van der Waals surface area contributed by atoms with E-state index in [-0.39, 0.29) is 5.91 Å². The summed E-state index contributed by atoms with van der Waals surface area (Å²) >= 11 is 0. The van der Waals surface area contributed by atoms with Gasteiger partial charge in [0.1, 0.15) is 5.76 Å². The van der Waals surface area contributed by atoms with Crippen molar-refractivity contribution in [1.82, 2.24) is 9.80 Å². The lowest BCUT2D eigenvalue weighted by Crippen LogP contribution is -2.48. The van der Waals surface area contributed by atoms with Crippen LogP contribution >= 0.6 is 0 Å². The summed E-state index contributed by atoms with van der Waals surface area (Å²) in [5.41, 5.74) is 6.81. The molecule has 0 atom stereocenters. The van der Waals surface area contributed by atoms with E-state index in [0.29, 0.717) is 18.1 Å². The maximum atomic E-state index is 12.4. The molecule has 1 aromatic heterocycles. The predicted octanol–water partition coefficient (Wildman–Crippen LogP) is 1.70. The van der Waals surface area contributed by atoms with Crippen LogP contribution in [0.5, 0.6) is 0 Å². The van der Waals surface area contributed by atoms with E-state index < -0.39 is 0 Å². The number of carbonyl (C=O) groups excluding carboxylic acids is 1. The smallest absolute Gasteiger partial charge is 0.289 e. The number of nitrogens with two attached hydrogens (primary N) is 1. The molecule has 0 radical (unpaired) electrons. The molecular weight excluding hydrogens is 278 g/mol. The van der Waals surface area contributed by atoms with Gasteiger partial charge in [-0.25, -0.2) is 0 Å². The zero-order valence-corrected chi connectivity index (χ0v) is 12.6. The van der Waals surface area contributed by atoms with Crippen molar-refractivity contribution >= 4 is 5.91 Å². The van der Waals surface area contributed by atoms with Crippen LogP contribution in [0.2, 0.25) is 0 Å². The summed E-state index contributed by atoms with van der Waals surface area (Å²) in [5.74, 6) is 0.988. The number of nitrogens with zero attached hydrogens (tertiary/aromatic N) is 2. The van der Waals surface area contributed by atoms with Crippen LogP contribution in [0.25, 0.3) is 0 Å². The van der Waals surface area contributed by atoms with Crippen LogP contribution in [0.4, 0.5) is 0 Å². The summed E-state index contributed by atoms with van der Waals surface area (Å²) in [5, 5.41) is 0. The van der Waals surface area contributed by atoms with Crippen molar-refractivity contribution in [2.24, 2.45) is 5.73 Å². The fourth-order valence-corrected chi connectivity index (χ4v) is 2.71. The fourth-order valence-electron chi connectivity index (χ4n) is 2.71. The Labute approximate surface area is 130 Å². The summed E-state index contributed by atoms with van der Waals surface area (Å²) in [6.07, 6.45) is 0. The average Bonchev–Trinajstić information content (AvgIpc) is 3.05. The normalized spacial score (nSPS) is 16.0. The fraction of sp³-hybridized carbons (Fsp3) is 0.353. The van der Waals surface area contributed by atoms with Crippen molar-refractivity contribution in [2.75, 3.05) is 26.2 Å². The SMILES string of the molecule is NCc1ccc(C(=O)N2CCN(Cc3ccccc3)CC2)o1. The summed E-state index contributed by atoms with van der Waals surface area (Å²) in [7, 11) is 0. The van der Waals surface area contributed by atoms with Gasteiger partial charge in [-0.3, -0.25) is 9.69 Å². The van der Waals surface area contributed by atoms with Crippen LogP contribution in [-0.4, -0.2) is 41.9 Å². The lowest BCUT2D eigenvalue weighted by molar-refractivity contribution is 0.0596. The van der Waals surface area contributed by atoms with Gasteiger partial charge >= 0.3 is 0 Å². The number of hydrogen-bond acceptors (Lipinski definition) is 4. The summed E-state index contributed by atoms with van der Waals surface area (Å²) in [6, 6.07) is 13.9. The van der Waals surface area contributed by atoms with Crippen molar-refractivity contribution < 1.29 is 9.21 Å². The molecule has 1 saturated heterocycles. The Balaban J connectivity index is 1.54. The Kier molecular flexibility index (Phi) is 4.56. The standard InChI is InChI=1S/C17H21N3O2/c18-12-15-6-7-16(22-15)17(21)20-10-8-19(9-11-20)13-14-4-2-1-3-5-14/h1-7H,8-13,18H2. The quantitative estimate of drug-likeness (QED) is 0.933. The Morgan fingerprint density at radius 1 is 1.05 bits per heavy atom. The monoisotopic (exact) mass is 299 g/mol. The largest absolute Gasteiger partial charge is 0.455 e. The minimum Gasteiger partial charge on any atom is -0.455 e.